The van der Waals surface area contributed by atoms with Crippen molar-refractivity contribution in [3.05, 3.63) is 0 Å². The number of amides is 1. The molecule has 16 heavy (non-hydrogen) atoms. The summed E-state index contributed by atoms with van der Waals surface area (Å²) in [7, 11) is 0. The minimum absolute atomic E-state index is 0.283. The van der Waals surface area contributed by atoms with E-state index in [-0.39, 0.29) is 5.91 Å². The molecule has 92 valence electrons. The van der Waals surface area contributed by atoms with E-state index in [4.69, 9.17) is 0 Å². The van der Waals surface area contributed by atoms with Gasteiger partial charge in [-0.25, -0.2) is 0 Å². The first-order valence-electron chi connectivity index (χ1n) is 6.65. The highest BCUT2D eigenvalue weighted by Crippen LogP contribution is 2.30. The van der Waals surface area contributed by atoms with Gasteiger partial charge in [-0.3, -0.25) is 4.79 Å². The lowest BCUT2D eigenvalue weighted by molar-refractivity contribution is -0.122. The average Bonchev–Trinajstić information content (AvgIpc) is 2.23. The van der Waals surface area contributed by atoms with Gasteiger partial charge in [-0.05, 0) is 50.4 Å². The maximum absolute atomic E-state index is 11.6. The zero-order valence-corrected chi connectivity index (χ0v) is 11.5. The predicted molar refractivity (Wildman–Crippen MR) is 69.6 cm³/mol. The van der Waals surface area contributed by atoms with Crippen LogP contribution in [-0.2, 0) is 4.79 Å². The van der Waals surface area contributed by atoms with Crippen LogP contribution in [0.1, 0.15) is 51.4 Å². The van der Waals surface area contributed by atoms with Crippen molar-refractivity contribution in [2.24, 2.45) is 11.8 Å². The molecule has 0 radical (unpaired) electrons. The molecule has 0 atom stereocenters. The van der Waals surface area contributed by atoms with Gasteiger partial charge in [0.05, 0.1) is 0 Å². The van der Waals surface area contributed by atoms with Gasteiger partial charge >= 0.3 is 0 Å². The summed E-state index contributed by atoms with van der Waals surface area (Å²) >= 11 is 3.66. The molecule has 0 unspecified atom stereocenters. The van der Waals surface area contributed by atoms with Gasteiger partial charge < -0.3 is 5.32 Å². The zero-order valence-electron chi connectivity index (χ0n) is 9.88. The van der Waals surface area contributed by atoms with Gasteiger partial charge in [0.25, 0.3) is 0 Å². The third kappa shape index (κ3) is 3.76. The minimum Gasteiger partial charge on any atom is -0.356 e. The molecule has 0 saturated heterocycles. The van der Waals surface area contributed by atoms with Crippen LogP contribution in [0.25, 0.3) is 0 Å². The Balaban J connectivity index is 1.57. The van der Waals surface area contributed by atoms with E-state index in [1.807, 2.05) is 0 Å². The average molecular weight is 288 g/mol. The summed E-state index contributed by atoms with van der Waals surface area (Å²) in [6.07, 6.45) is 9.69. The van der Waals surface area contributed by atoms with Gasteiger partial charge in [-0.1, -0.05) is 22.4 Å². The lowest BCUT2D eigenvalue weighted by Gasteiger charge is -2.27. The molecule has 2 fully saturated rings. The van der Waals surface area contributed by atoms with Crippen molar-refractivity contribution in [1.82, 2.24) is 5.32 Å². The highest BCUT2D eigenvalue weighted by atomic mass is 79.9. The number of rotatable bonds is 4. The number of hydrogen-bond donors (Lipinski definition) is 1. The van der Waals surface area contributed by atoms with Gasteiger partial charge in [0.2, 0.25) is 5.91 Å². The van der Waals surface area contributed by atoms with Crippen molar-refractivity contribution in [2.75, 3.05) is 6.54 Å². The maximum Gasteiger partial charge on any atom is 0.220 e. The largest absolute Gasteiger partial charge is 0.356 e. The molecule has 0 bridgehead atoms. The monoisotopic (exact) mass is 287 g/mol. The first-order chi connectivity index (χ1) is 7.74. The van der Waals surface area contributed by atoms with Gasteiger partial charge in [0, 0.05) is 17.8 Å². The van der Waals surface area contributed by atoms with Crippen LogP contribution in [0.15, 0.2) is 0 Å². The second-order valence-electron chi connectivity index (χ2n) is 5.42. The summed E-state index contributed by atoms with van der Waals surface area (Å²) in [6.45, 7) is 0.908. The summed E-state index contributed by atoms with van der Waals surface area (Å²) < 4.78 is 0. The number of halogens is 1. The lowest BCUT2D eigenvalue weighted by atomic mass is 9.83. The summed E-state index contributed by atoms with van der Waals surface area (Å²) in [5.74, 6) is 1.70. The van der Waals surface area contributed by atoms with Crippen molar-refractivity contribution in [3.8, 4) is 0 Å². The molecular weight excluding hydrogens is 266 g/mol. The van der Waals surface area contributed by atoms with Crippen molar-refractivity contribution >= 4 is 21.8 Å². The van der Waals surface area contributed by atoms with Gasteiger partial charge in [-0.2, -0.15) is 0 Å². The van der Waals surface area contributed by atoms with Crippen molar-refractivity contribution in [3.63, 3.8) is 0 Å². The highest BCUT2D eigenvalue weighted by Gasteiger charge is 2.22. The lowest BCUT2D eigenvalue weighted by Crippen LogP contribution is -2.33. The Kier molecular flexibility index (Phi) is 4.68. The molecule has 3 heteroatoms. The van der Waals surface area contributed by atoms with E-state index in [1.54, 1.807) is 0 Å². The topological polar surface area (TPSA) is 29.1 Å². The van der Waals surface area contributed by atoms with Crippen LogP contribution in [0.3, 0.4) is 0 Å². The molecule has 2 nitrogen and oxygen atoms in total. The molecule has 0 aromatic carbocycles. The fraction of sp³-hybridized carbons (Fsp3) is 0.923. The van der Waals surface area contributed by atoms with Gasteiger partial charge in [0.1, 0.15) is 0 Å². The maximum atomic E-state index is 11.6. The Hall–Kier alpha value is -0.0500. The Bertz CT molecular complexity index is 232. The second-order valence-corrected chi connectivity index (χ2v) is 6.72. The molecule has 0 spiro atoms. The number of carbonyl (C=O) groups excluding carboxylic acids is 1. The predicted octanol–water partition coefficient (Wildman–Crippen LogP) is 3.25. The molecule has 2 aliphatic carbocycles. The van der Waals surface area contributed by atoms with Crippen LogP contribution in [-0.4, -0.2) is 17.3 Å². The summed E-state index contributed by atoms with van der Waals surface area (Å²) in [4.78, 5) is 12.3. The molecule has 2 rings (SSSR count). The van der Waals surface area contributed by atoms with E-state index in [9.17, 15) is 4.79 Å². The SMILES string of the molecule is O=C(CC1CCC1)NCC1CCC(Br)CC1. The van der Waals surface area contributed by atoms with E-state index < -0.39 is 0 Å². The molecule has 0 aromatic heterocycles. The minimum atomic E-state index is 0.283. The van der Waals surface area contributed by atoms with E-state index in [0.29, 0.717) is 5.92 Å². The molecule has 1 N–H and O–H groups in total. The molecular formula is C13H22BrNO. The van der Waals surface area contributed by atoms with Gasteiger partial charge in [-0.15, -0.1) is 0 Å². The van der Waals surface area contributed by atoms with Crippen molar-refractivity contribution in [1.29, 1.82) is 0 Å². The van der Waals surface area contributed by atoms with Crippen LogP contribution in [0.5, 0.6) is 0 Å². The second kappa shape index (κ2) is 6.04. The fourth-order valence-corrected chi connectivity index (χ4v) is 3.14. The number of carbonyl (C=O) groups is 1. The van der Waals surface area contributed by atoms with Crippen LogP contribution >= 0.6 is 15.9 Å². The Morgan fingerprint density at radius 2 is 1.75 bits per heavy atom. The van der Waals surface area contributed by atoms with Gasteiger partial charge in [0.15, 0.2) is 0 Å². The molecule has 2 aliphatic rings. The summed E-state index contributed by atoms with van der Waals surface area (Å²) in [5.41, 5.74) is 0. The molecule has 0 heterocycles. The quantitative estimate of drug-likeness (QED) is 0.790. The van der Waals surface area contributed by atoms with Crippen LogP contribution < -0.4 is 5.32 Å². The van der Waals surface area contributed by atoms with Crippen LogP contribution in [0.2, 0.25) is 0 Å². The van der Waals surface area contributed by atoms with Crippen LogP contribution in [0.4, 0.5) is 0 Å². The molecule has 0 aliphatic heterocycles. The molecule has 1 amide bonds. The number of nitrogens with one attached hydrogen (secondary N) is 1. The first-order valence-corrected chi connectivity index (χ1v) is 7.56. The normalized spacial score (nSPS) is 30.8. The Morgan fingerprint density at radius 1 is 1.06 bits per heavy atom. The van der Waals surface area contributed by atoms with E-state index in [1.165, 1.54) is 44.9 Å². The number of hydrogen-bond acceptors (Lipinski definition) is 1. The van der Waals surface area contributed by atoms with E-state index in [2.05, 4.69) is 21.2 Å². The smallest absolute Gasteiger partial charge is 0.220 e. The highest BCUT2D eigenvalue weighted by molar-refractivity contribution is 9.09. The first kappa shape index (κ1) is 12.4. The number of alkyl halides is 1. The third-order valence-corrected chi connectivity index (χ3v) is 4.98. The molecule has 2 saturated carbocycles. The molecule has 0 aromatic rings. The Labute approximate surface area is 107 Å². The van der Waals surface area contributed by atoms with E-state index in [0.717, 1.165) is 23.7 Å². The zero-order chi connectivity index (χ0) is 11.4. The summed E-state index contributed by atoms with van der Waals surface area (Å²) in [5, 5.41) is 3.11. The fourth-order valence-electron chi connectivity index (χ4n) is 2.62. The van der Waals surface area contributed by atoms with E-state index >= 15 is 0 Å². The van der Waals surface area contributed by atoms with Crippen molar-refractivity contribution in [2.45, 2.75) is 56.2 Å². The summed E-state index contributed by atoms with van der Waals surface area (Å²) in [6, 6.07) is 0. The van der Waals surface area contributed by atoms with Crippen LogP contribution in [0, 0.1) is 11.8 Å². The third-order valence-electron chi connectivity index (χ3n) is 4.06. The Morgan fingerprint density at radius 3 is 2.31 bits per heavy atom. The van der Waals surface area contributed by atoms with Crippen molar-refractivity contribution < 1.29 is 4.79 Å². The standard InChI is InChI=1S/C13H22BrNO/c14-12-6-4-11(5-7-12)9-15-13(16)8-10-2-1-3-10/h10-12H,1-9H2,(H,15,16).